The van der Waals surface area contributed by atoms with Crippen LogP contribution in [0, 0.1) is 12.1 Å². The fraction of sp³-hybridized carbons (Fsp3) is 0.0303. The van der Waals surface area contributed by atoms with E-state index in [0.29, 0.717) is 5.02 Å². The number of aliphatic hydroxyl groups is 1. The van der Waals surface area contributed by atoms with Crippen LogP contribution in [0.25, 0.3) is 32.7 Å². The molecule has 0 fully saturated rings. The summed E-state index contributed by atoms with van der Waals surface area (Å²) in [5, 5.41) is 17.5. The van der Waals surface area contributed by atoms with E-state index in [1.165, 1.54) is 0 Å². The summed E-state index contributed by atoms with van der Waals surface area (Å²) in [6.45, 7) is 0. The topological polar surface area (TPSA) is 20.2 Å². The van der Waals surface area contributed by atoms with Gasteiger partial charge in [-0.1, -0.05) is 115 Å². The largest absolute Gasteiger partial charge is 0.376 e. The summed E-state index contributed by atoms with van der Waals surface area (Å²) in [7, 11) is 0. The van der Waals surface area contributed by atoms with E-state index in [1.54, 1.807) is 0 Å². The fourth-order valence-electron chi connectivity index (χ4n) is 5.02. The van der Waals surface area contributed by atoms with Gasteiger partial charge in [-0.3, -0.25) is 0 Å². The molecule has 0 radical (unpaired) electrons. The maximum atomic E-state index is 12.6. The van der Waals surface area contributed by atoms with Crippen molar-refractivity contribution in [3.8, 4) is 11.1 Å². The predicted octanol–water partition coefficient (Wildman–Crippen LogP) is 8.20. The molecule has 2 heteroatoms. The lowest BCUT2D eigenvalue weighted by atomic mass is 9.76. The first-order valence-corrected chi connectivity index (χ1v) is 11.9. The molecule has 1 N–H and O–H groups in total. The zero-order chi connectivity index (χ0) is 23.8. The second kappa shape index (κ2) is 8.60. The molecule has 35 heavy (non-hydrogen) atoms. The summed E-state index contributed by atoms with van der Waals surface area (Å²) in [5.41, 5.74) is 2.80. The predicted molar refractivity (Wildman–Crippen MR) is 145 cm³/mol. The molecule has 0 aromatic heterocycles. The first-order chi connectivity index (χ1) is 17.2. The normalized spacial score (nSPS) is 11.5. The summed E-state index contributed by atoms with van der Waals surface area (Å²) in [6.07, 6.45) is 0. The summed E-state index contributed by atoms with van der Waals surface area (Å²) in [6, 6.07) is 46.2. The summed E-state index contributed by atoms with van der Waals surface area (Å²) in [5.74, 6) is 0. The molecule has 1 nitrogen and oxygen atoms in total. The van der Waals surface area contributed by atoms with Crippen molar-refractivity contribution >= 4 is 33.1 Å². The van der Waals surface area contributed by atoms with E-state index >= 15 is 0 Å². The number of hydrogen-bond acceptors (Lipinski definition) is 1. The Balaban J connectivity index is 1.73. The highest BCUT2D eigenvalue weighted by Gasteiger charge is 2.36. The zero-order valence-corrected chi connectivity index (χ0v) is 19.6. The second-order valence-electron chi connectivity index (χ2n) is 8.67. The minimum absolute atomic E-state index is 0.569. The first kappa shape index (κ1) is 21.4. The Morgan fingerprint density at radius 2 is 1.29 bits per heavy atom. The van der Waals surface area contributed by atoms with E-state index in [2.05, 4.69) is 36.4 Å². The quantitative estimate of drug-likeness (QED) is 0.258. The highest BCUT2D eigenvalue weighted by atomic mass is 35.5. The lowest BCUT2D eigenvalue weighted by Crippen LogP contribution is -2.29. The third-order valence-electron chi connectivity index (χ3n) is 6.66. The van der Waals surface area contributed by atoms with Crippen LogP contribution in [0.1, 0.15) is 16.7 Å². The first-order valence-electron chi connectivity index (χ1n) is 11.5. The van der Waals surface area contributed by atoms with E-state index in [0.717, 1.165) is 49.4 Å². The molecule has 6 aromatic rings. The second-order valence-corrected chi connectivity index (χ2v) is 9.11. The van der Waals surface area contributed by atoms with Crippen LogP contribution in [0.4, 0.5) is 0 Å². The average molecular weight is 469 g/mol. The molecule has 6 rings (SSSR count). The van der Waals surface area contributed by atoms with Crippen molar-refractivity contribution in [3.05, 3.63) is 155 Å². The van der Waals surface area contributed by atoms with Gasteiger partial charge in [-0.2, -0.15) is 0 Å². The molecule has 0 heterocycles. The van der Waals surface area contributed by atoms with Crippen LogP contribution in [0.3, 0.4) is 0 Å². The van der Waals surface area contributed by atoms with Crippen LogP contribution in [0.15, 0.2) is 121 Å². The van der Waals surface area contributed by atoms with Gasteiger partial charge >= 0.3 is 0 Å². The Kier molecular flexibility index (Phi) is 5.27. The van der Waals surface area contributed by atoms with Crippen molar-refractivity contribution in [1.29, 1.82) is 0 Å². The van der Waals surface area contributed by atoms with Crippen LogP contribution in [-0.2, 0) is 5.60 Å². The molecule has 0 aliphatic heterocycles. The highest BCUT2D eigenvalue weighted by molar-refractivity contribution is 6.30. The van der Waals surface area contributed by atoms with Crippen LogP contribution in [0.5, 0.6) is 0 Å². The Morgan fingerprint density at radius 1 is 0.629 bits per heavy atom. The van der Waals surface area contributed by atoms with Crippen molar-refractivity contribution in [3.63, 3.8) is 0 Å². The molecule has 0 bridgehead atoms. The summed E-state index contributed by atoms with van der Waals surface area (Å²) < 4.78 is 0. The van der Waals surface area contributed by atoms with Crippen molar-refractivity contribution in [2.24, 2.45) is 0 Å². The third-order valence-corrected chi connectivity index (χ3v) is 6.90. The van der Waals surface area contributed by atoms with Gasteiger partial charge in [0.15, 0.2) is 0 Å². The molecule has 0 spiro atoms. The van der Waals surface area contributed by atoms with Gasteiger partial charge < -0.3 is 5.11 Å². The number of halogens is 1. The highest BCUT2D eigenvalue weighted by Crippen LogP contribution is 2.45. The minimum Gasteiger partial charge on any atom is -0.376 e. The average Bonchev–Trinajstić information content (AvgIpc) is 2.93. The fourth-order valence-corrected chi connectivity index (χ4v) is 5.19. The van der Waals surface area contributed by atoms with Gasteiger partial charge in [0.2, 0.25) is 0 Å². The summed E-state index contributed by atoms with van der Waals surface area (Å²) >= 11 is 6.58. The molecule has 0 saturated heterocycles. The Labute approximate surface area is 209 Å². The lowest BCUT2D eigenvalue weighted by molar-refractivity contribution is 0.126. The van der Waals surface area contributed by atoms with E-state index < -0.39 is 5.60 Å². The van der Waals surface area contributed by atoms with Gasteiger partial charge in [0, 0.05) is 16.0 Å². The SMILES string of the molecule is OC(c1ccccc1)(c1ccccc1)c1cc(Cl)ccc1-c1cc2ccccc2c2c#cccc12. The standard InChI is InChI=1S/C33H21ClO/c34-26-19-20-30(31-21-23-11-7-8-16-27(23)28-17-9-10-18-29(28)31)32(22-26)33(35,24-12-3-1-4-13-24)25-14-5-2-6-15-25/h1-8,10-16,18-22,35H. The Hall–Kier alpha value is -4.09. The smallest absolute Gasteiger partial charge is 0.141 e. The molecule has 0 aliphatic carbocycles. The van der Waals surface area contributed by atoms with Gasteiger partial charge in [0.05, 0.1) is 0 Å². The molecule has 0 unspecified atom stereocenters. The third kappa shape index (κ3) is 3.56. The van der Waals surface area contributed by atoms with Crippen molar-refractivity contribution in [1.82, 2.24) is 0 Å². The lowest BCUT2D eigenvalue weighted by Gasteiger charge is -2.32. The zero-order valence-electron chi connectivity index (χ0n) is 18.9. The van der Waals surface area contributed by atoms with Crippen molar-refractivity contribution in [2.75, 3.05) is 0 Å². The van der Waals surface area contributed by atoms with Gasteiger partial charge in [0.1, 0.15) is 5.60 Å². The Morgan fingerprint density at radius 3 is 2.00 bits per heavy atom. The molecular weight excluding hydrogens is 448 g/mol. The monoisotopic (exact) mass is 468 g/mol. The molecule has 0 saturated carbocycles. The van der Waals surface area contributed by atoms with E-state index in [9.17, 15) is 5.11 Å². The van der Waals surface area contributed by atoms with Crippen LogP contribution in [-0.4, -0.2) is 5.11 Å². The van der Waals surface area contributed by atoms with E-state index in [-0.39, 0.29) is 0 Å². The number of benzene rings is 5. The summed E-state index contributed by atoms with van der Waals surface area (Å²) in [4.78, 5) is 0. The van der Waals surface area contributed by atoms with Gasteiger partial charge in [-0.15, -0.1) is 0 Å². The molecular formula is C33H21ClO. The molecule has 0 amide bonds. The van der Waals surface area contributed by atoms with Gasteiger partial charge in [0.25, 0.3) is 0 Å². The molecule has 0 aliphatic rings. The van der Waals surface area contributed by atoms with Crippen LogP contribution in [0.2, 0.25) is 5.02 Å². The number of rotatable bonds is 4. The minimum atomic E-state index is -1.41. The molecule has 0 atom stereocenters. The number of hydrogen-bond donors (Lipinski definition) is 1. The van der Waals surface area contributed by atoms with Crippen LogP contribution < -0.4 is 0 Å². The van der Waals surface area contributed by atoms with E-state index in [1.807, 2.05) is 97.1 Å². The van der Waals surface area contributed by atoms with Crippen molar-refractivity contribution < 1.29 is 5.11 Å². The Bertz CT molecular complexity index is 1620. The van der Waals surface area contributed by atoms with E-state index in [4.69, 9.17) is 11.6 Å². The molecule has 166 valence electrons. The maximum absolute atomic E-state index is 12.6. The molecule has 6 aromatic carbocycles. The van der Waals surface area contributed by atoms with Crippen molar-refractivity contribution in [2.45, 2.75) is 5.60 Å². The maximum Gasteiger partial charge on any atom is 0.141 e. The van der Waals surface area contributed by atoms with Gasteiger partial charge in [-0.05, 0) is 68.7 Å². The van der Waals surface area contributed by atoms with Gasteiger partial charge in [-0.25, -0.2) is 0 Å². The van der Waals surface area contributed by atoms with Crippen LogP contribution >= 0.6 is 11.6 Å². The number of fused-ring (bicyclic) bond motifs is 3.